The predicted octanol–water partition coefficient (Wildman–Crippen LogP) is 2.31. The average molecular weight is 541 g/mol. The molecule has 31 heavy (non-hydrogen) atoms. The van der Waals surface area contributed by atoms with Crippen molar-refractivity contribution in [3.8, 4) is 0 Å². The molecule has 0 aliphatic heterocycles. The minimum atomic E-state index is 0. The summed E-state index contributed by atoms with van der Waals surface area (Å²) in [6.07, 6.45) is 22.5. The van der Waals surface area contributed by atoms with E-state index < -0.39 is 0 Å². The molecule has 0 heterocycles. The number of hydrogen-bond acceptors (Lipinski definition) is 0. The Balaban J connectivity index is 0.000000529. The molecule has 0 saturated heterocycles. The fraction of sp³-hybridized carbons (Fsp3) is 0.643. The SMILES string of the molecule is C[c-]1ccc2c1CCCCCCCC2.C[c-]1ccc2c1CCCCCCCC2.[Cl-].[Cl-].[Zr+4]. The molecule has 0 bridgehead atoms. The van der Waals surface area contributed by atoms with Crippen molar-refractivity contribution < 1.29 is 51.0 Å². The Bertz CT molecular complexity index is 638. The number of rotatable bonds is 0. The van der Waals surface area contributed by atoms with E-state index in [4.69, 9.17) is 0 Å². The van der Waals surface area contributed by atoms with Crippen molar-refractivity contribution in [1.82, 2.24) is 0 Å². The smallest absolute Gasteiger partial charge is 1.00 e. The number of fused-ring (bicyclic) bond motifs is 2. The maximum atomic E-state index is 2.35. The van der Waals surface area contributed by atoms with Crippen LogP contribution in [0.25, 0.3) is 0 Å². The molecule has 0 aromatic heterocycles. The molecule has 0 nitrogen and oxygen atoms in total. The Kier molecular flexibility index (Phi) is 17.7. The van der Waals surface area contributed by atoms with Gasteiger partial charge in [-0.05, 0) is 0 Å². The van der Waals surface area contributed by atoms with Crippen molar-refractivity contribution in [3.05, 3.63) is 57.6 Å². The zero-order valence-electron chi connectivity index (χ0n) is 19.9. The first-order chi connectivity index (χ1) is 13.8. The fourth-order valence-electron chi connectivity index (χ4n) is 5.19. The van der Waals surface area contributed by atoms with Crippen LogP contribution < -0.4 is 24.8 Å². The molecule has 172 valence electrons. The molecule has 0 N–H and O–H groups in total. The van der Waals surface area contributed by atoms with Gasteiger partial charge >= 0.3 is 26.2 Å². The first-order valence-corrected chi connectivity index (χ1v) is 12.2. The third-order valence-electron chi connectivity index (χ3n) is 7.04. The van der Waals surface area contributed by atoms with E-state index in [9.17, 15) is 0 Å². The van der Waals surface area contributed by atoms with Gasteiger partial charge in [-0.2, -0.15) is 45.5 Å². The van der Waals surface area contributed by atoms with Crippen LogP contribution in [-0.4, -0.2) is 0 Å². The van der Waals surface area contributed by atoms with Crippen LogP contribution in [0.1, 0.15) is 110 Å². The van der Waals surface area contributed by atoms with Crippen molar-refractivity contribution in [2.45, 2.75) is 117 Å². The summed E-state index contributed by atoms with van der Waals surface area (Å²) in [5.74, 6) is 0. The van der Waals surface area contributed by atoms with Crippen LogP contribution >= 0.6 is 0 Å². The van der Waals surface area contributed by atoms with Crippen molar-refractivity contribution in [3.63, 3.8) is 0 Å². The Labute approximate surface area is 224 Å². The number of aryl methyl sites for hydroxylation is 4. The fourth-order valence-corrected chi connectivity index (χ4v) is 5.19. The molecule has 2 aromatic rings. The summed E-state index contributed by atoms with van der Waals surface area (Å²) in [4.78, 5) is 0. The molecule has 0 radical (unpaired) electrons. The van der Waals surface area contributed by atoms with E-state index >= 15 is 0 Å². The van der Waals surface area contributed by atoms with Crippen molar-refractivity contribution in [1.29, 1.82) is 0 Å². The quantitative estimate of drug-likeness (QED) is 0.450. The third-order valence-corrected chi connectivity index (χ3v) is 7.04. The summed E-state index contributed by atoms with van der Waals surface area (Å²) < 4.78 is 0. The van der Waals surface area contributed by atoms with Gasteiger partial charge in [-0.3, -0.25) is 0 Å². The Morgan fingerprint density at radius 3 is 1.13 bits per heavy atom. The van der Waals surface area contributed by atoms with E-state index in [0.29, 0.717) is 0 Å². The molecule has 0 spiro atoms. The van der Waals surface area contributed by atoms with E-state index in [-0.39, 0.29) is 51.0 Å². The Morgan fingerprint density at radius 1 is 0.484 bits per heavy atom. The molecule has 2 aliphatic carbocycles. The summed E-state index contributed by atoms with van der Waals surface area (Å²) in [7, 11) is 0. The number of hydrogen-bond donors (Lipinski definition) is 0. The van der Waals surface area contributed by atoms with Gasteiger partial charge in [0.05, 0.1) is 0 Å². The van der Waals surface area contributed by atoms with Gasteiger partial charge < -0.3 is 24.8 Å². The monoisotopic (exact) mass is 538 g/mol. The molecule has 0 amide bonds. The summed E-state index contributed by atoms with van der Waals surface area (Å²) >= 11 is 0. The standard InChI is InChI=1S/2C14H21.2ClH.Zr/c2*1-12-10-11-13-8-6-4-2-3-5-7-9-14(12)13;;;/h2*10-11H,2-9H2,1H3;2*1H;/q2*-1;;;+4/p-2. The Hall–Kier alpha value is 0.163. The van der Waals surface area contributed by atoms with Gasteiger partial charge in [0.25, 0.3) is 0 Å². The van der Waals surface area contributed by atoms with Gasteiger partial charge in [0.2, 0.25) is 0 Å². The van der Waals surface area contributed by atoms with E-state index in [1.807, 2.05) is 0 Å². The van der Waals surface area contributed by atoms with Crippen molar-refractivity contribution in [2.75, 3.05) is 0 Å². The summed E-state index contributed by atoms with van der Waals surface area (Å²) in [5.41, 5.74) is 9.69. The summed E-state index contributed by atoms with van der Waals surface area (Å²) in [6.45, 7) is 4.54. The molecular weight excluding hydrogens is 498 g/mol. The first kappa shape index (κ1) is 31.2. The zero-order valence-corrected chi connectivity index (χ0v) is 23.8. The van der Waals surface area contributed by atoms with E-state index in [2.05, 4.69) is 38.1 Å². The van der Waals surface area contributed by atoms with E-state index in [0.717, 1.165) is 0 Å². The summed E-state index contributed by atoms with van der Waals surface area (Å²) in [6, 6.07) is 9.32. The zero-order chi connectivity index (χ0) is 19.6. The predicted molar refractivity (Wildman–Crippen MR) is 124 cm³/mol. The van der Waals surface area contributed by atoms with Gasteiger partial charge in [-0.15, -0.1) is 0 Å². The molecular formula is C28H42Cl2Zr. The normalized spacial score (nSPS) is 17.1. The molecule has 3 heteroatoms. The van der Waals surface area contributed by atoms with Gasteiger partial charge in [0.1, 0.15) is 0 Å². The van der Waals surface area contributed by atoms with Gasteiger partial charge in [-0.25, -0.2) is 12.1 Å². The van der Waals surface area contributed by atoms with Crippen LogP contribution in [-0.2, 0) is 51.9 Å². The first-order valence-electron chi connectivity index (χ1n) is 12.2. The third kappa shape index (κ3) is 10.3. The average Bonchev–Trinajstić information content (AvgIpc) is 3.25. The molecule has 2 aromatic carbocycles. The van der Waals surface area contributed by atoms with Crippen LogP contribution in [0, 0.1) is 13.8 Å². The second-order valence-corrected chi connectivity index (χ2v) is 9.28. The molecule has 0 saturated carbocycles. The van der Waals surface area contributed by atoms with Crippen LogP contribution in [0.5, 0.6) is 0 Å². The minimum absolute atomic E-state index is 0. The van der Waals surface area contributed by atoms with Gasteiger partial charge in [0.15, 0.2) is 0 Å². The molecule has 0 unspecified atom stereocenters. The van der Waals surface area contributed by atoms with Gasteiger partial charge in [0, 0.05) is 0 Å². The molecule has 2 aliphatic rings. The maximum absolute atomic E-state index is 2.35. The second-order valence-electron chi connectivity index (χ2n) is 9.28. The van der Waals surface area contributed by atoms with E-state index in [1.165, 1.54) is 114 Å². The van der Waals surface area contributed by atoms with Crippen molar-refractivity contribution >= 4 is 0 Å². The largest absolute Gasteiger partial charge is 4.00 e. The maximum Gasteiger partial charge on any atom is 4.00 e. The molecule has 0 fully saturated rings. The van der Waals surface area contributed by atoms with Crippen LogP contribution in [0.15, 0.2) is 24.3 Å². The van der Waals surface area contributed by atoms with Gasteiger partial charge in [-0.1, -0.05) is 117 Å². The number of halogens is 2. The molecule has 4 rings (SSSR count). The minimum Gasteiger partial charge on any atom is -1.00 e. The Morgan fingerprint density at radius 2 is 0.774 bits per heavy atom. The molecule has 0 atom stereocenters. The van der Waals surface area contributed by atoms with Crippen LogP contribution in [0.4, 0.5) is 0 Å². The second kappa shape index (κ2) is 17.6. The van der Waals surface area contributed by atoms with Crippen LogP contribution in [0.2, 0.25) is 0 Å². The topological polar surface area (TPSA) is 0 Å². The van der Waals surface area contributed by atoms with Crippen LogP contribution in [0.3, 0.4) is 0 Å². The van der Waals surface area contributed by atoms with E-state index in [1.54, 1.807) is 22.3 Å². The summed E-state index contributed by atoms with van der Waals surface area (Å²) in [5, 5.41) is 0. The van der Waals surface area contributed by atoms with Crippen molar-refractivity contribution in [2.24, 2.45) is 0 Å².